The van der Waals surface area contributed by atoms with Gasteiger partial charge >= 0.3 is 0 Å². The molecule has 1 aliphatic heterocycles. The first-order valence-corrected chi connectivity index (χ1v) is 15.5. The minimum Gasteiger partial charge on any atom is -0.340 e. The number of piperazine rings is 1. The molecule has 1 fully saturated rings. The van der Waals surface area contributed by atoms with E-state index < -0.39 is 0 Å². The minimum atomic E-state index is -0.230. The molecule has 0 aliphatic carbocycles. The number of para-hydroxylation sites is 1. The number of nitrogens with one attached hydrogen (secondary N) is 1. The predicted molar refractivity (Wildman–Crippen MR) is 180 cm³/mol. The lowest BCUT2D eigenvalue weighted by molar-refractivity contribution is 0.0533. The largest absolute Gasteiger partial charge is 0.340 e. The lowest BCUT2D eigenvalue weighted by Crippen LogP contribution is -2.50. The molecule has 0 spiro atoms. The van der Waals surface area contributed by atoms with Gasteiger partial charge < -0.3 is 15.1 Å². The molecule has 0 atom stereocenters. The molecule has 7 rings (SSSR count). The molecule has 1 aliphatic rings. The Morgan fingerprint density at radius 3 is 2.11 bits per heavy atom. The van der Waals surface area contributed by atoms with Gasteiger partial charge in [-0.15, -0.1) is 0 Å². The van der Waals surface area contributed by atoms with Gasteiger partial charge in [0.2, 0.25) is 0 Å². The van der Waals surface area contributed by atoms with Crippen molar-refractivity contribution < 1.29 is 9.59 Å². The summed E-state index contributed by atoms with van der Waals surface area (Å²) in [6.07, 6.45) is 1.65. The topological polar surface area (TPSA) is 95.7 Å². The highest BCUT2D eigenvalue weighted by Crippen LogP contribution is 2.31. The number of amides is 2. The highest BCUT2D eigenvalue weighted by molar-refractivity contribution is 6.42. The second-order valence-electron chi connectivity index (χ2n) is 10.8. The Morgan fingerprint density at radius 2 is 1.39 bits per heavy atom. The summed E-state index contributed by atoms with van der Waals surface area (Å²) in [6.45, 7) is 1.46. The van der Waals surface area contributed by atoms with Crippen molar-refractivity contribution in [2.24, 2.45) is 0 Å². The number of carbonyl (C=O) groups excluding carboxylic acids is 2. The Hall–Kier alpha value is -5.25. The summed E-state index contributed by atoms with van der Waals surface area (Å²) in [5.41, 5.74) is 5.15. The third-order valence-electron chi connectivity index (χ3n) is 7.86. The van der Waals surface area contributed by atoms with Crippen LogP contribution in [0.4, 0.5) is 11.5 Å². The lowest BCUT2D eigenvalue weighted by atomic mass is 10.1. The average molecular weight is 649 g/mol. The van der Waals surface area contributed by atoms with E-state index in [1.54, 1.807) is 50.8 Å². The van der Waals surface area contributed by atoms with Crippen LogP contribution in [0.5, 0.6) is 0 Å². The number of rotatable bonds is 6. The van der Waals surface area contributed by atoms with Gasteiger partial charge in [-0.2, -0.15) is 5.10 Å². The molecule has 0 unspecified atom stereocenters. The Morgan fingerprint density at radius 1 is 0.696 bits per heavy atom. The Bertz CT molecular complexity index is 2060. The van der Waals surface area contributed by atoms with Gasteiger partial charge in [-0.3, -0.25) is 9.59 Å². The fraction of sp³-hybridized carbons (Fsp3) is 0.114. The molecule has 11 heteroatoms. The van der Waals surface area contributed by atoms with Crippen molar-refractivity contribution in [3.8, 4) is 22.5 Å². The van der Waals surface area contributed by atoms with Gasteiger partial charge in [0.25, 0.3) is 11.8 Å². The quantitative estimate of drug-likeness (QED) is 0.207. The SMILES string of the molecule is O=C(c1cc(-c2ccc(Cl)c(Cl)c2)n2nc(-c3ccccc3)cc2n1)N1CCN(C(=O)c2cccnc2Nc2ccccc2)CC1. The van der Waals surface area contributed by atoms with E-state index in [1.807, 2.05) is 72.8 Å². The summed E-state index contributed by atoms with van der Waals surface area (Å²) in [4.78, 5) is 40.1. The molecule has 3 aromatic carbocycles. The van der Waals surface area contributed by atoms with E-state index in [-0.39, 0.29) is 17.5 Å². The number of fused-ring (bicyclic) bond motifs is 1. The number of anilines is 2. The summed E-state index contributed by atoms with van der Waals surface area (Å²) in [5, 5.41) is 8.88. The van der Waals surface area contributed by atoms with Crippen LogP contribution in [0.1, 0.15) is 20.8 Å². The average Bonchev–Trinajstić information content (AvgIpc) is 3.54. The predicted octanol–water partition coefficient (Wildman–Crippen LogP) is 7.11. The molecule has 2 amide bonds. The van der Waals surface area contributed by atoms with Gasteiger partial charge in [0.05, 0.1) is 27.0 Å². The van der Waals surface area contributed by atoms with Gasteiger partial charge in [-0.05, 0) is 42.5 Å². The standard InChI is InChI=1S/C35H27Cl2N7O2/c36-27-14-13-24(20-28(27)37)31-21-30(40-32-22-29(41-44(31)32)23-8-3-1-4-9-23)35(46)43-18-16-42(17-19-43)34(45)26-12-7-15-38-33(26)39-25-10-5-2-6-11-25/h1-15,20-22H,16-19H2,(H,38,39). The van der Waals surface area contributed by atoms with Crippen molar-refractivity contribution in [1.29, 1.82) is 0 Å². The van der Waals surface area contributed by atoms with Crippen LogP contribution in [-0.2, 0) is 0 Å². The molecule has 9 nitrogen and oxygen atoms in total. The molecule has 0 saturated carbocycles. The number of nitrogens with zero attached hydrogens (tertiary/aromatic N) is 6. The molecule has 3 aromatic heterocycles. The molecule has 46 heavy (non-hydrogen) atoms. The van der Waals surface area contributed by atoms with Crippen LogP contribution >= 0.6 is 23.2 Å². The van der Waals surface area contributed by atoms with Crippen LogP contribution in [0.15, 0.2) is 109 Å². The zero-order valence-electron chi connectivity index (χ0n) is 24.5. The number of aromatic nitrogens is 4. The van der Waals surface area contributed by atoms with E-state index in [2.05, 4.69) is 10.3 Å². The van der Waals surface area contributed by atoms with Gasteiger partial charge in [0.15, 0.2) is 5.65 Å². The van der Waals surface area contributed by atoms with Gasteiger partial charge in [0, 0.05) is 55.3 Å². The first-order chi connectivity index (χ1) is 22.4. The number of benzene rings is 3. The van der Waals surface area contributed by atoms with Crippen LogP contribution in [0.2, 0.25) is 10.0 Å². The molecule has 0 radical (unpaired) electrons. The second-order valence-corrected chi connectivity index (χ2v) is 11.6. The van der Waals surface area contributed by atoms with Crippen LogP contribution in [-0.4, -0.2) is 67.4 Å². The number of halogens is 2. The molecule has 4 heterocycles. The van der Waals surface area contributed by atoms with E-state index in [9.17, 15) is 9.59 Å². The van der Waals surface area contributed by atoms with E-state index in [4.69, 9.17) is 33.3 Å². The Balaban J connectivity index is 1.14. The fourth-order valence-electron chi connectivity index (χ4n) is 5.48. The normalized spacial score (nSPS) is 13.2. The zero-order valence-corrected chi connectivity index (χ0v) is 26.0. The summed E-state index contributed by atoms with van der Waals surface area (Å²) in [7, 11) is 0. The molecule has 1 N–H and O–H groups in total. The maximum absolute atomic E-state index is 13.9. The lowest BCUT2D eigenvalue weighted by Gasteiger charge is -2.35. The summed E-state index contributed by atoms with van der Waals surface area (Å²) >= 11 is 12.6. The maximum atomic E-state index is 13.9. The number of pyridine rings is 1. The van der Waals surface area contributed by atoms with E-state index in [1.165, 1.54) is 0 Å². The Labute approximate surface area is 275 Å². The minimum absolute atomic E-state index is 0.146. The first-order valence-electron chi connectivity index (χ1n) is 14.7. The van der Waals surface area contributed by atoms with E-state index >= 15 is 0 Å². The van der Waals surface area contributed by atoms with Crippen molar-refractivity contribution in [1.82, 2.24) is 29.4 Å². The molecule has 6 aromatic rings. The van der Waals surface area contributed by atoms with Gasteiger partial charge in [-0.25, -0.2) is 14.5 Å². The Kier molecular flexibility index (Phi) is 8.09. The third-order valence-corrected chi connectivity index (χ3v) is 8.60. The van der Waals surface area contributed by atoms with Gasteiger partial charge in [0.1, 0.15) is 11.5 Å². The summed E-state index contributed by atoms with van der Waals surface area (Å²) in [6, 6.07) is 31.8. The van der Waals surface area contributed by atoms with E-state index in [0.717, 1.165) is 22.5 Å². The highest BCUT2D eigenvalue weighted by Gasteiger charge is 2.28. The monoisotopic (exact) mass is 647 g/mol. The molecule has 0 bridgehead atoms. The summed E-state index contributed by atoms with van der Waals surface area (Å²) < 4.78 is 1.71. The van der Waals surface area contributed by atoms with Crippen LogP contribution < -0.4 is 5.32 Å². The van der Waals surface area contributed by atoms with Crippen molar-refractivity contribution >= 4 is 52.2 Å². The summed E-state index contributed by atoms with van der Waals surface area (Å²) in [5.74, 6) is 0.110. The van der Waals surface area contributed by atoms with Crippen molar-refractivity contribution in [3.63, 3.8) is 0 Å². The van der Waals surface area contributed by atoms with Crippen LogP contribution in [0.3, 0.4) is 0 Å². The van der Waals surface area contributed by atoms with Gasteiger partial charge in [-0.1, -0.05) is 77.8 Å². The van der Waals surface area contributed by atoms with Crippen LogP contribution in [0, 0.1) is 0 Å². The van der Waals surface area contributed by atoms with Crippen molar-refractivity contribution in [2.75, 3.05) is 31.5 Å². The fourth-order valence-corrected chi connectivity index (χ4v) is 5.77. The maximum Gasteiger partial charge on any atom is 0.272 e. The number of hydrogen-bond donors (Lipinski definition) is 1. The molecule has 1 saturated heterocycles. The molecular weight excluding hydrogens is 621 g/mol. The number of carbonyl (C=O) groups is 2. The van der Waals surface area contributed by atoms with E-state index in [0.29, 0.717) is 58.9 Å². The third kappa shape index (κ3) is 5.90. The van der Waals surface area contributed by atoms with Crippen molar-refractivity contribution in [3.05, 3.63) is 131 Å². The smallest absolute Gasteiger partial charge is 0.272 e. The zero-order chi connectivity index (χ0) is 31.6. The van der Waals surface area contributed by atoms with Crippen LogP contribution in [0.25, 0.3) is 28.2 Å². The first kappa shape index (κ1) is 29.5. The number of hydrogen-bond acceptors (Lipinski definition) is 6. The molecular formula is C35H27Cl2N7O2. The molecule has 228 valence electrons. The second kappa shape index (κ2) is 12.6. The van der Waals surface area contributed by atoms with Crippen molar-refractivity contribution in [2.45, 2.75) is 0 Å². The highest BCUT2D eigenvalue weighted by atomic mass is 35.5.